The van der Waals surface area contributed by atoms with E-state index in [1.54, 1.807) is 0 Å². The van der Waals surface area contributed by atoms with Crippen LogP contribution in [0, 0.1) is 17.0 Å². The van der Waals surface area contributed by atoms with Crippen molar-refractivity contribution >= 4 is 17.6 Å². The highest BCUT2D eigenvalue weighted by Gasteiger charge is 2.86. The first kappa shape index (κ1) is 15.3. The fourth-order valence-electron chi connectivity index (χ4n) is 3.43. The SMILES string of the molecule is CC[N+]1(C)C(c2cn(-c3ccccc3)c(C)n2)=NC2SC21[N+](=O)[O-]. The van der Waals surface area contributed by atoms with Gasteiger partial charge in [0.2, 0.25) is 5.37 Å². The maximum absolute atomic E-state index is 11.7. The summed E-state index contributed by atoms with van der Waals surface area (Å²) < 4.78 is 2.17. The van der Waals surface area contributed by atoms with Crippen LogP contribution in [-0.4, -0.2) is 48.8 Å². The molecule has 24 heavy (non-hydrogen) atoms. The van der Waals surface area contributed by atoms with Crippen LogP contribution in [-0.2, 0) is 0 Å². The van der Waals surface area contributed by atoms with Crippen molar-refractivity contribution in [3.05, 3.63) is 58.2 Å². The van der Waals surface area contributed by atoms with E-state index in [0.29, 0.717) is 12.4 Å². The minimum Gasteiger partial charge on any atom is -0.303 e. The number of imidazole rings is 1. The summed E-state index contributed by atoms with van der Waals surface area (Å²) in [5, 5.41) is 11.4. The van der Waals surface area contributed by atoms with Crippen molar-refractivity contribution in [3.63, 3.8) is 0 Å². The maximum Gasteiger partial charge on any atom is 0.433 e. The number of quaternary nitrogens is 1. The van der Waals surface area contributed by atoms with Crippen LogP contribution < -0.4 is 0 Å². The summed E-state index contributed by atoms with van der Waals surface area (Å²) in [5.41, 5.74) is 1.73. The van der Waals surface area contributed by atoms with Crippen LogP contribution in [0.15, 0.2) is 41.5 Å². The number of nitro groups is 1. The summed E-state index contributed by atoms with van der Waals surface area (Å²) in [7, 11) is 1.89. The van der Waals surface area contributed by atoms with E-state index in [2.05, 4.69) is 9.98 Å². The molecular formula is C16H18N5O2S+. The molecule has 0 radical (unpaired) electrons. The van der Waals surface area contributed by atoms with Gasteiger partial charge < -0.3 is 4.57 Å². The lowest BCUT2D eigenvalue weighted by Crippen LogP contribution is -2.59. The second-order valence-corrected chi connectivity index (χ2v) is 7.51. The molecule has 3 atom stereocenters. The van der Waals surface area contributed by atoms with Gasteiger partial charge in [-0.05, 0) is 26.0 Å². The van der Waals surface area contributed by atoms with Gasteiger partial charge in [0.25, 0.3) is 5.84 Å². The fourth-order valence-corrected chi connectivity index (χ4v) is 4.75. The highest BCUT2D eigenvalue weighted by atomic mass is 32.2. The molecule has 2 aliphatic heterocycles. The average Bonchev–Trinajstić information content (AvgIpc) is 3.12. The highest BCUT2D eigenvalue weighted by molar-refractivity contribution is 8.08. The van der Waals surface area contributed by atoms with Crippen LogP contribution >= 0.6 is 11.8 Å². The van der Waals surface area contributed by atoms with Gasteiger partial charge in [-0.1, -0.05) is 18.2 Å². The van der Waals surface area contributed by atoms with Gasteiger partial charge in [-0.2, -0.15) is 4.48 Å². The van der Waals surface area contributed by atoms with Gasteiger partial charge in [0, 0.05) is 23.6 Å². The Morgan fingerprint density at radius 1 is 1.42 bits per heavy atom. The van der Waals surface area contributed by atoms with Gasteiger partial charge in [-0.15, -0.1) is 0 Å². The number of thioether (sulfide) groups is 1. The van der Waals surface area contributed by atoms with E-state index in [1.807, 2.05) is 62.0 Å². The summed E-state index contributed by atoms with van der Waals surface area (Å²) in [4.78, 5) is 19.7. The molecule has 0 spiro atoms. The predicted molar refractivity (Wildman–Crippen MR) is 92.7 cm³/mol. The number of likely N-dealkylation sites (N-methyl/N-ethyl adjacent to an activating group) is 1. The van der Waals surface area contributed by atoms with E-state index in [9.17, 15) is 10.1 Å². The lowest BCUT2D eigenvalue weighted by molar-refractivity contribution is -0.940. The van der Waals surface area contributed by atoms with Gasteiger partial charge in [0.15, 0.2) is 5.69 Å². The molecule has 4 rings (SSSR count). The van der Waals surface area contributed by atoms with Crippen molar-refractivity contribution in [1.29, 1.82) is 0 Å². The Morgan fingerprint density at radius 3 is 2.75 bits per heavy atom. The number of fused-ring (bicyclic) bond motifs is 1. The molecule has 3 heterocycles. The zero-order valence-electron chi connectivity index (χ0n) is 13.7. The lowest BCUT2D eigenvalue weighted by Gasteiger charge is -2.30. The van der Waals surface area contributed by atoms with Crippen molar-refractivity contribution in [2.24, 2.45) is 4.99 Å². The average molecular weight is 344 g/mol. The van der Waals surface area contributed by atoms with Crippen molar-refractivity contribution in [3.8, 4) is 5.69 Å². The molecule has 8 heteroatoms. The Kier molecular flexibility index (Phi) is 3.14. The molecule has 3 unspecified atom stereocenters. The Labute approximate surface area is 143 Å². The Morgan fingerprint density at radius 2 is 2.12 bits per heavy atom. The molecule has 0 N–H and O–H groups in total. The summed E-state index contributed by atoms with van der Waals surface area (Å²) in [6.07, 6.45) is 1.93. The normalized spacial score (nSPS) is 30.8. The molecule has 1 fully saturated rings. The number of para-hydroxylation sites is 1. The summed E-state index contributed by atoms with van der Waals surface area (Å²) in [5.74, 6) is 1.54. The van der Waals surface area contributed by atoms with E-state index < -0.39 is 4.99 Å². The second-order valence-electron chi connectivity index (χ2n) is 6.23. The van der Waals surface area contributed by atoms with Crippen LogP contribution in [0.4, 0.5) is 0 Å². The van der Waals surface area contributed by atoms with E-state index in [1.165, 1.54) is 11.8 Å². The summed E-state index contributed by atoms with van der Waals surface area (Å²) in [6.45, 7) is 4.49. The molecule has 1 saturated heterocycles. The second kappa shape index (κ2) is 4.90. The van der Waals surface area contributed by atoms with Gasteiger partial charge >= 0.3 is 4.99 Å². The molecule has 0 saturated carbocycles. The van der Waals surface area contributed by atoms with Gasteiger partial charge in [0.1, 0.15) is 5.82 Å². The van der Waals surface area contributed by atoms with Crippen molar-refractivity contribution in [2.75, 3.05) is 13.6 Å². The van der Waals surface area contributed by atoms with E-state index in [4.69, 9.17) is 0 Å². The van der Waals surface area contributed by atoms with Gasteiger partial charge in [-0.25, -0.2) is 9.98 Å². The molecule has 124 valence electrons. The number of aryl methyl sites for hydroxylation is 1. The zero-order chi connectivity index (χ0) is 17.1. The first-order valence-electron chi connectivity index (χ1n) is 7.82. The molecule has 7 nitrogen and oxygen atoms in total. The zero-order valence-corrected chi connectivity index (χ0v) is 14.5. The van der Waals surface area contributed by atoms with E-state index in [-0.39, 0.29) is 14.8 Å². The Bertz CT molecular complexity index is 865. The number of aliphatic imine (C=N–C) groups is 1. The number of rotatable bonds is 4. The fraction of sp³-hybridized carbons (Fsp3) is 0.375. The minimum absolute atomic E-state index is 0.177. The third-order valence-electron chi connectivity index (χ3n) is 5.00. The molecule has 1 aromatic heterocycles. The Balaban J connectivity index is 1.79. The van der Waals surface area contributed by atoms with Gasteiger partial charge in [0.05, 0.1) is 18.5 Å². The Hall–Kier alpha value is -2.19. The van der Waals surface area contributed by atoms with E-state index in [0.717, 1.165) is 17.2 Å². The number of hydrogen-bond acceptors (Lipinski definition) is 5. The molecule has 0 amide bonds. The monoisotopic (exact) mass is 344 g/mol. The van der Waals surface area contributed by atoms with Crippen LogP contribution in [0.5, 0.6) is 0 Å². The molecule has 0 aliphatic carbocycles. The maximum atomic E-state index is 11.7. The summed E-state index contributed by atoms with van der Waals surface area (Å²) >= 11 is 1.32. The van der Waals surface area contributed by atoms with Crippen molar-refractivity contribution < 1.29 is 9.41 Å². The molecule has 0 bridgehead atoms. The van der Waals surface area contributed by atoms with Crippen LogP contribution in [0.1, 0.15) is 18.4 Å². The van der Waals surface area contributed by atoms with Crippen LogP contribution in [0.25, 0.3) is 5.69 Å². The quantitative estimate of drug-likeness (QED) is 0.369. The lowest BCUT2D eigenvalue weighted by atomic mass is 10.3. The van der Waals surface area contributed by atoms with Crippen LogP contribution in [0.2, 0.25) is 0 Å². The number of benzene rings is 1. The summed E-state index contributed by atoms with van der Waals surface area (Å²) in [6, 6.07) is 9.93. The molecule has 2 aromatic rings. The number of hydrogen-bond donors (Lipinski definition) is 0. The largest absolute Gasteiger partial charge is 0.433 e. The molecule has 1 aromatic carbocycles. The molecular weight excluding hydrogens is 326 g/mol. The predicted octanol–water partition coefficient (Wildman–Crippen LogP) is 2.41. The molecule has 2 aliphatic rings. The first-order valence-corrected chi connectivity index (χ1v) is 8.70. The third-order valence-corrected chi connectivity index (χ3v) is 6.53. The topological polar surface area (TPSA) is 73.3 Å². The van der Waals surface area contributed by atoms with Gasteiger partial charge in [-0.3, -0.25) is 10.1 Å². The smallest absolute Gasteiger partial charge is 0.303 e. The number of nitrogens with zero attached hydrogens (tertiary/aromatic N) is 5. The standard InChI is InChI=1S/C16H18N5O2S/c1-4-21(3)14(18-15-16(21,24-15)20(22)23)13-10-19(11(2)17-13)12-8-6-5-7-9-12/h5-10,15H,4H2,1-3H3/q+1. The first-order chi connectivity index (χ1) is 11.4. The number of amidine groups is 1. The van der Waals surface area contributed by atoms with E-state index >= 15 is 0 Å². The number of aromatic nitrogens is 2. The van der Waals surface area contributed by atoms with Crippen molar-refractivity contribution in [1.82, 2.24) is 9.55 Å². The van der Waals surface area contributed by atoms with Crippen LogP contribution in [0.3, 0.4) is 0 Å². The highest BCUT2D eigenvalue weighted by Crippen LogP contribution is 2.63. The minimum atomic E-state index is -1.07. The third kappa shape index (κ3) is 1.78. The van der Waals surface area contributed by atoms with Crippen molar-refractivity contribution in [2.45, 2.75) is 24.2 Å².